The van der Waals surface area contributed by atoms with Crippen molar-refractivity contribution in [1.82, 2.24) is 9.78 Å². The molecular weight excluding hydrogens is 400 g/mol. The normalized spacial score (nSPS) is 11.2. The van der Waals surface area contributed by atoms with Crippen LogP contribution >= 0.6 is 11.3 Å². The van der Waals surface area contributed by atoms with E-state index in [9.17, 15) is 9.59 Å². The largest absolute Gasteiger partial charge is 0.453 e. The van der Waals surface area contributed by atoms with Crippen LogP contribution in [-0.4, -0.2) is 28.1 Å². The minimum Gasteiger partial charge on any atom is -0.453 e. The van der Waals surface area contributed by atoms with Crippen LogP contribution < -0.4 is 0 Å². The van der Waals surface area contributed by atoms with Crippen LogP contribution in [0, 0.1) is 6.92 Å². The number of thiophene rings is 1. The lowest BCUT2D eigenvalue weighted by Gasteiger charge is -2.02. The molecule has 2 aromatic carbocycles. The highest BCUT2D eigenvalue weighted by molar-refractivity contribution is 7.20. The number of Topliss-reactive ketones (excluding diaryl/α,β-unsaturated/α-hetero) is 1. The van der Waals surface area contributed by atoms with Crippen molar-refractivity contribution in [3.8, 4) is 5.69 Å². The van der Waals surface area contributed by atoms with E-state index in [1.54, 1.807) is 18.2 Å². The number of carbonyl (C=O) groups excluding carboxylic acids is 2. The molecule has 6 nitrogen and oxygen atoms in total. The molecule has 5 rings (SSSR count). The number of carbonyl (C=O) groups is 2. The minimum atomic E-state index is -0.542. The van der Waals surface area contributed by atoms with Crippen molar-refractivity contribution < 1.29 is 18.7 Å². The monoisotopic (exact) mass is 416 g/mol. The summed E-state index contributed by atoms with van der Waals surface area (Å²) in [5, 5.41) is 6.28. The van der Waals surface area contributed by atoms with Crippen LogP contribution in [0.4, 0.5) is 0 Å². The van der Waals surface area contributed by atoms with Crippen molar-refractivity contribution in [2.45, 2.75) is 6.92 Å². The van der Waals surface area contributed by atoms with Gasteiger partial charge >= 0.3 is 5.97 Å². The predicted molar refractivity (Wildman–Crippen MR) is 115 cm³/mol. The molecule has 0 saturated carbocycles. The zero-order valence-electron chi connectivity index (χ0n) is 16.0. The Morgan fingerprint density at radius 1 is 1.07 bits per heavy atom. The number of aryl methyl sites for hydroxylation is 1. The lowest BCUT2D eigenvalue weighted by Crippen LogP contribution is -2.13. The number of rotatable bonds is 5. The maximum absolute atomic E-state index is 12.6. The van der Waals surface area contributed by atoms with Gasteiger partial charge in [0, 0.05) is 10.8 Å². The van der Waals surface area contributed by atoms with E-state index in [0.29, 0.717) is 10.5 Å². The second-order valence-electron chi connectivity index (χ2n) is 6.81. The average Bonchev–Trinajstić information content (AvgIpc) is 3.47. The third-order valence-corrected chi connectivity index (χ3v) is 5.87. The number of fused-ring (bicyclic) bond motifs is 2. The second-order valence-corrected chi connectivity index (χ2v) is 7.84. The zero-order valence-corrected chi connectivity index (χ0v) is 16.8. The quantitative estimate of drug-likeness (QED) is 0.291. The molecule has 0 unspecified atom stereocenters. The molecule has 30 heavy (non-hydrogen) atoms. The Morgan fingerprint density at radius 2 is 1.83 bits per heavy atom. The molecule has 0 amide bonds. The number of benzene rings is 2. The number of ketones is 1. The van der Waals surface area contributed by atoms with Crippen molar-refractivity contribution in [2.24, 2.45) is 0 Å². The highest BCUT2D eigenvalue weighted by Crippen LogP contribution is 2.31. The van der Waals surface area contributed by atoms with Crippen molar-refractivity contribution >= 4 is 44.3 Å². The Hall–Kier alpha value is -3.71. The van der Waals surface area contributed by atoms with Crippen LogP contribution in [0.3, 0.4) is 0 Å². The summed E-state index contributed by atoms with van der Waals surface area (Å²) in [6, 6.07) is 20.5. The summed E-state index contributed by atoms with van der Waals surface area (Å²) < 4.78 is 12.6. The van der Waals surface area contributed by atoms with Gasteiger partial charge in [-0.3, -0.25) is 4.79 Å². The SMILES string of the molecule is Cc1nn(-c2ccccc2)c2sc(C(=O)OCC(=O)c3cc4ccccc4o3)cc12. The molecule has 148 valence electrons. The molecule has 0 radical (unpaired) electrons. The van der Waals surface area contributed by atoms with Crippen molar-refractivity contribution in [3.05, 3.63) is 83.1 Å². The maximum Gasteiger partial charge on any atom is 0.348 e. The van der Waals surface area contributed by atoms with E-state index >= 15 is 0 Å². The first-order valence-electron chi connectivity index (χ1n) is 9.33. The molecule has 0 aliphatic rings. The van der Waals surface area contributed by atoms with Crippen molar-refractivity contribution in [2.75, 3.05) is 6.61 Å². The summed E-state index contributed by atoms with van der Waals surface area (Å²) >= 11 is 1.29. The first kappa shape index (κ1) is 18.3. The van der Waals surface area contributed by atoms with Gasteiger partial charge in [0.2, 0.25) is 5.78 Å². The molecule has 0 saturated heterocycles. The van der Waals surface area contributed by atoms with E-state index in [4.69, 9.17) is 9.15 Å². The number of furan rings is 1. The molecule has 3 aromatic heterocycles. The molecular formula is C23H16N2O4S. The van der Waals surface area contributed by atoms with Gasteiger partial charge in [0.1, 0.15) is 15.3 Å². The third-order valence-electron chi connectivity index (χ3n) is 4.78. The van der Waals surface area contributed by atoms with Crippen LogP contribution in [0.5, 0.6) is 0 Å². The first-order valence-corrected chi connectivity index (χ1v) is 10.2. The number of esters is 1. The fraction of sp³-hybridized carbons (Fsp3) is 0.0870. The molecule has 0 aliphatic heterocycles. The molecule has 3 heterocycles. The highest BCUT2D eigenvalue weighted by atomic mass is 32.1. The number of nitrogens with zero attached hydrogens (tertiary/aromatic N) is 2. The van der Waals surface area contributed by atoms with Gasteiger partial charge in [-0.2, -0.15) is 5.10 Å². The molecule has 0 N–H and O–H groups in total. The summed E-state index contributed by atoms with van der Waals surface area (Å²) in [7, 11) is 0. The van der Waals surface area contributed by atoms with Gasteiger partial charge in [0.05, 0.1) is 11.4 Å². The van der Waals surface area contributed by atoms with E-state index in [1.807, 2.05) is 60.1 Å². The minimum absolute atomic E-state index is 0.177. The van der Waals surface area contributed by atoms with Gasteiger partial charge in [0.25, 0.3) is 0 Å². The lowest BCUT2D eigenvalue weighted by molar-refractivity contribution is 0.0473. The molecule has 0 atom stereocenters. The number of hydrogen-bond acceptors (Lipinski definition) is 6. The van der Waals surface area contributed by atoms with Crippen LogP contribution in [0.2, 0.25) is 0 Å². The summed E-state index contributed by atoms with van der Waals surface area (Å²) in [6.07, 6.45) is 0. The lowest BCUT2D eigenvalue weighted by atomic mass is 10.2. The number of ether oxygens (including phenoxy) is 1. The van der Waals surface area contributed by atoms with E-state index in [-0.39, 0.29) is 18.2 Å². The van der Waals surface area contributed by atoms with Gasteiger partial charge < -0.3 is 9.15 Å². The van der Waals surface area contributed by atoms with Gasteiger partial charge in [0.15, 0.2) is 12.4 Å². The average molecular weight is 416 g/mol. The Bertz CT molecular complexity index is 1360. The van der Waals surface area contributed by atoms with E-state index < -0.39 is 5.97 Å². The Morgan fingerprint density at radius 3 is 2.63 bits per heavy atom. The third kappa shape index (κ3) is 3.19. The Balaban J connectivity index is 1.35. The fourth-order valence-corrected chi connectivity index (χ4v) is 4.36. The van der Waals surface area contributed by atoms with E-state index in [1.165, 1.54) is 11.3 Å². The van der Waals surface area contributed by atoms with Crippen LogP contribution in [0.15, 0.2) is 71.1 Å². The maximum atomic E-state index is 12.6. The summed E-state index contributed by atoms with van der Waals surface area (Å²) in [5.74, 6) is -0.747. The van der Waals surface area contributed by atoms with Crippen molar-refractivity contribution in [1.29, 1.82) is 0 Å². The molecule has 0 aliphatic carbocycles. The van der Waals surface area contributed by atoms with Gasteiger partial charge in [-0.05, 0) is 37.3 Å². The molecule has 5 aromatic rings. The predicted octanol–water partition coefficient (Wildman–Crippen LogP) is 5.18. The fourth-order valence-electron chi connectivity index (χ4n) is 3.28. The van der Waals surface area contributed by atoms with Crippen LogP contribution in [-0.2, 0) is 4.74 Å². The number of aromatic nitrogens is 2. The standard InChI is InChI=1S/C23H16N2O4S/c1-14-17-12-21(30-22(17)25(24-14)16-8-3-2-4-9-16)23(27)28-13-18(26)20-11-15-7-5-6-10-19(15)29-20/h2-12H,13H2,1H3. The Labute approximate surface area is 175 Å². The highest BCUT2D eigenvalue weighted by Gasteiger charge is 2.20. The van der Waals surface area contributed by atoms with Gasteiger partial charge in [-0.15, -0.1) is 11.3 Å². The summed E-state index contributed by atoms with van der Waals surface area (Å²) in [5.41, 5.74) is 2.36. The van der Waals surface area contributed by atoms with Crippen LogP contribution in [0.25, 0.3) is 26.9 Å². The number of hydrogen-bond donors (Lipinski definition) is 0. The van der Waals surface area contributed by atoms with Gasteiger partial charge in [-0.1, -0.05) is 36.4 Å². The topological polar surface area (TPSA) is 74.3 Å². The van der Waals surface area contributed by atoms with E-state index in [2.05, 4.69) is 5.10 Å². The van der Waals surface area contributed by atoms with E-state index in [0.717, 1.165) is 27.0 Å². The molecule has 7 heteroatoms. The Kier molecular flexibility index (Phi) is 4.44. The van der Waals surface area contributed by atoms with Crippen LogP contribution in [0.1, 0.15) is 25.9 Å². The van der Waals surface area contributed by atoms with Crippen molar-refractivity contribution in [3.63, 3.8) is 0 Å². The smallest absolute Gasteiger partial charge is 0.348 e. The first-order chi connectivity index (χ1) is 14.6. The van der Waals surface area contributed by atoms with Gasteiger partial charge in [-0.25, -0.2) is 9.48 Å². The molecule has 0 fully saturated rings. The second kappa shape index (κ2) is 7.27. The summed E-state index contributed by atoms with van der Waals surface area (Å²) in [6.45, 7) is 1.52. The molecule has 0 spiro atoms. The zero-order chi connectivity index (χ0) is 20.7. The molecule has 0 bridgehead atoms. The number of para-hydroxylation sites is 2. The summed E-state index contributed by atoms with van der Waals surface area (Å²) in [4.78, 5) is 26.2.